The summed E-state index contributed by atoms with van der Waals surface area (Å²) in [7, 11) is 0. The summed E-state index contributed by atoms with van der Waals surface area (Å²) in [4.78, 5) is 10.4. The molecule has 1 aliphatic rings. The molecular weight excluding hydrogens is 166 g/mol. The quantitative estimate of drug-likeness (QED) is 0.655. The highest BCUT2D eigenvalue weighted by Gasteiger charge is 2.10. The summed E-state index contributed by atoms with van der Waals surface area (Å²) < 4.78 is 5.26. The van der Waals surface area contributed by atoms with Crippen LogP contribution in [0.15, 0.2) is 18.6 Å². The molecule has 0 N–H and O–H groups in total. The van der Waals surface area contributed by atoms with Gasteiger partial charge in [-0.3, -0.25) is 4.90 Å². The fraction of sp³-hybridized carbons (Fsp3) is 0.556. The smallest absolute Gasteiger partial charge is 0.115 e. The molecule has 1 fully saturated rings. The molecule has 0 bridgehead atoms. The lowest BCUT2D eigenvalue weighted by Gasteiger charge is -2.25. The lowest BCUT2D eigenvalue weighted by atomic mass is 10.3. The molecule has 0 aromatic carbocycles. The summed E-state index contributed by atoms with van der Waals surface area (Å²) >= 11 is 0. The molecule has 0 radical (unpaired) electrons. The summed E-state index contributed by atoms with van der Waals surface area (Å²) in [5.41, 5.74) is 1.08. The van der Waals surface area contributed by atoms with Crippen LogP contribution in [-0.4, -0.2) is 41.2 Å². The molecule has 1 aliphatic heterocycles. The third-order valence-corrected chi connectivity index (χ3v) is 2.13. The summed E-state index contributed by atoms with van der Waals surface area (Å²) in [6, 6.07) is 1.95. The fourth-order valence-electron chi connectivity index (χ4n) is 1.40. The topological polar surface area (TPSA) is 38.2 Å². The zero-order chi connectivity index (χ0) is 8.93. The van der Waals surface area contributed by atoms with Crippen molar-refractivity contribution in [3.8, 4) is 0 Å². The van der Waals surface area contributed by atoms with E-state index in [1.807, 2.05) is 6.07 Å². The molecule has 70 valence electrons. The maximum absolute atomic E-state index is 5.26. The van der Waals surface area contributed by atoms with Crippen molar-refractivity contribution in [3.05, 3.63) is 24.3 Å². The Morgan fingerprint density at radius 1 is 1.38 bits per heavy atom. The highest BCUT2D eigenvalue weighted by Crippen LogP contribution is 2.02. The zero-order valence-corrected chi connectivity index (χ0v) is 7.52. The summed E-state index contributed by atoms with van der Waals surface area (Å²) in [5, 5.41) is 0. The van der Waals surface area contributed by atoms with Crippen molar-refractivity contribution < 1.29 is 4.74 Å². The molecule has 0 spiro atoms. The van der Waals surface area contributed by atoms with Crippen molar-refractivity contribution in [2.45, 2.75) is 6.54 Å². The number of hydrogen-bond acceptors (Lipinski definition) is 4. The van der Waals surface area contributed by atoms with Crippen LogP contribution >= 0.6 is 0 Å². The van der Waals surface area contributed by atoms with E-state index in [4.69, 9.17) is 4.74 Å². The first-order chi connectivity index (χ1) is 6.45. The second-order valence-electron chi connectivity index (χ2n) is 3.09. The van der Waals surface area contributed by atoms with E-state index in [-0.39, 0.29) is 0 Å². The van der Waals surface area contributed by atoms with Gasteiger partial charge >= 0.3 is 0 Å². The van der Waals surface area contributed by atoms with Crippen LogP contribution in [0.25, 0.3) is 0 Å². The van der Waals surface area contributed by atoms with E-state index in [9.17, 15) is 0 Å². The minimum absolute atomic E-state index is 0.838. The van der Waals surface area contributed by atoms with E-state index < -0.39 is 0 Å². The van der Waals surface area contributed by atoms with Gasteiger partial charge < -0.3 is 4.74 Å². The van der Waals surface area contributed by atoms with E-state index in [0.717, 1.165) is 38.5 Å². The van der Waals surface area contributed by atoms with Crippen LogP contribution in [0.5, 0.6) is 0 Å². The standard InChI is InChI=1S/C9H13N3O/c1-2-10-8-11-9(1)7-12-3-5-13-6-4-12/h1-2,8H,3-7H2. The molecule has 0 saturated carbocycles. The van der Waals surface area contributed by atoms with Gasteiger partial charge in [0.05, 0.1) is 18.9 Å². The lowest BCUT2D eigenvalue weighted by Crippen LogP contribution is -2.35. The van der Waals surface area contributed by atoms with Gasteiger partial charge in [0.1, 0.15) is 6.33 Å². The molecule has 2 rings (SSSR count). The fourth-order valence-corrected chi connectivity index (χ4v) is 1.40. The molecule has 13 heavy (non-hydrogen) atoms. The summed E-state index contributed by atoms with van der Waals surface area (Å²) in [5.74, 6) is 0. The van der Waals surface area contributed by atoms with Crippen molar-refractivity contribution in [2.24, 2.45) is 0 Å². The third kappa shape index (κ3) is 2.47. The Hall–Kier alpha value is -1.00. The van der Waals surface area contributed by atoms with Gasteiger partial charge in [-0.1, -0.05) is 0 Å². The minimum atomic E-state index is 0.838. The molecule has 0 amide bonds. The predicted molar refractivity (Wildman–Crippen MR) is 48.1 cm³/mol. The van der Waals surface area contributed by atoms with Crippen molar-refractivity contribution in [1.29, 1.82) is 0 Å². The molecule has 2 heterocycles. The zero-order valence-electron chi connectivity index (χ0n) is 7.52. The Kier molecular flexibility index (Phi) is 2.84. The summed E-state index contributed by atoms with van der Waals surface area (Å²) in [6.07, 6.45) is 3.37. The number of nitrogens with zero attached hydrogens (tertiary/aromatic N) is 3. The van der Waals surface area contributed by atoms with E-state index in [1.165, 1.54) is 0 Å². The molecule has 4 heteroatoms. The van der Waals surface area contributed by atoms with Crippen LogP contribution in [0, 0.1) is 0 Å². The van der Waals surface area contributed by atoms with Crippen LogP contribution in [-0.2, 0) is 11.3 Å². The van der Waals surface area contributed by atoms with E-state index in [0.29, 0.717) is 0 Å². The van der Waals surface area contributed by atoms with Gasteiger partial charge in [-0.15, -0.1) is 0 Å². The molecule has 0 aliphatic carbocycles. The molecular formula is C9H13N3O. The first-order valence-corrected chi connectivity index (χ1v) is 4.50. The Morgan fingerprint density at radius 2 is 2.23 bits per heavy atom. The van der Waals surface area contributed by atoms with E-state index in [2.05, 4.69) is 14.9 Å². The average Bonchev–Trinajstić information content (AvgIpc) is 2.21. The van der Waals surface area contributed by atoms with E-state index in [1.54, 1.807) is 12.5 Å². The molecule has 4 nitrogen and oxygen atoms in total. The molecule has 0 atom stereocenters. The Labute approximate surface area is 77.6 Å². The summed E-state index contributed by atoms with van der Waals surface area (Å²) in [6.45, 7) is 4.59. The van der Waals surface area contributed by atoms with Gasteiger partial charge in [-0.25, -0.2) is 9.97 Å². The lowest BCUT2D eigenvalue weighted by molar-refractivity contribution is 0.0336. The molecule has 1 aromatic heterocycles. The Bertz CT molecular complexity index is 246. The monoisotopic (exact) mass is 179 g/mol. The van der Waals surface area contributed by atoms with Crippen LogP contribution in [0.1, 0.15) is 5.69 Å². The van der Waals surface area contributed by atoms with E-state index >= 15 is 0 Å². The van der Waals surface area contributed by atoms with Gasteiger partial charge in [0.2, 0.25) is 0 Å². The van der Waals surface area contributed by atoms with Crippen molar-refractivity contribution >= 4 is 0 Å². The minimum Gasteiger partial charge on any atom is -0.379 e. The second-order valence-corrected chi connectivity index (χ2v) is 3.09. The first-order valence-electron chi connectivity index (χ1n) is 4.50. The number of aromatic nitrogens is 2. The highest BCUT2D eigenvalue weighted by molar-refractivity contribution is 4.97. The average molecular weight is 179 g/mol. The second kappa shape index (κ2) is 4.30. The van der Waals surface area contributed by atoms with Crippen LogP contribution < -0.4 is 0 Å². The van der Waals surface area contributed by atoms with Gasteiger partial charge in [0.15, 0.2) is 0 Å². The predicted octanol–water partition coefficient (Wildman–Crippen LogP) is 0.309. The first kappa shape index (κ1) is 8.59. The third-order valence-electron chi connectivity index (χ3n) is 2.13. The largest absolute Gasteiger partial charge is 0.379 e. The van der Waals surface area contributed by atoms with Crippen molar-refractivity contribution in [2.75, 3.05) is 26.3 Å². The highest BCUT2D eigenvalue weighted by atomic mass is 16.5. The maximum Gasteiger partial charge on any atom is 0.115 e. The number of rotatable bonds is 2. The van der Waals surface area contributed by atoms with Crippen LogP contribution in [0.3, 0.4) is 0 Å². The van der Waals surface area contributed by atoms with Crippen LogP contribution in [0.4, 0.5) is 0 Å². The van der Waals surface area contributed by atoms with Crippen LogP contribution in [0.2, 0.25) is 0 Å². The number of hydrogen-bond donors (Lipinski definition) is 0. The van der Waals surface area contributed by atoms with Gasteiger partial charge in [0, 0.05) is 25.8 Å². The molecule has 0 unspecified atom stereocenters. The normalized spacial score (nSPS) is 18.8. The number of ether oxygens (including phenoxy) is 1. The Morgan fingerprint density at radius 3 is 2.92 bits per heavy atom. The Balaban J connectivity index is 1.90. The van der Waals surface area contributed by atoms with Gasteiger partial charge in [0.25, 0.3) is 0 Å². The SMILES string of the molecule is c1cc(CN2CCOCC2)ncn1. The number of morpholine rings is 1. The van der Waals surface area contributed by atoms with Gasteiger partial charge in [-0.05, 0) is 6.07 Å². The molecule has 1 aromatic rings. The van der Waals surface area contributed by atoms with Crippen molar-refractivity contribution in [3.63, 3.8) is 0 Å². The molecule has 1 saturated heterocycles. The van der Waals surface area contributed by atoms with Gasteiger partial charge in [-0.2, -0.15) is 0 Å². The maximum atomic E-state index is 5.26. The van der Waals surface area contributed by atoms with Crippen molar-refractivity contribution in [1.82, 2.24) is 14.9 Å².